The number of fused-ring (bicyclic) bond motifs is 1. The molecule has 31 heavy (non-hydrogen) atoms. The van der Waals surface area contributed by atoms with Gasteiger partial charge in [-0.3, -0.25) is 4.79 Å². The van der Waals surface area contributed by atoms with Gasteiger partial charge in [-0.1, -0.05) is 42.4 Å². The number of halogens is 1. The van der Waals surface area contributed by atoms with E-state index in [9.17, 15) is 14.0 Å². The summed E-state index contributed by atoms with van der Waals surface area (Å²) in [6.45, 7) is 3.31. The molecule has 0 aromatic heterocycles. The number of thioether (sulfide) groups is 1. The first kappa shape index (κ1) is 21.8. The Kier molecular flexibility index (Phi) is 6.62. The zero-order valence-electron chi connectivity index (χ0n) is 17.7. The van der Waals surface area contributed by atoms with Crippen molar-refractivity contribution >= 4 is 29.3 Å². The monoisotopic (exact) mass is 442 g/mol. The van der Waals surface area contributed by atoms with Gasteiger partial charge in [0.05, 0.1) is 12.8 Å². The number of anilines is 1. The fourth-order valence-electron chi connectivity index (χ4n) is 4.38. The fraction of sp³-hybridized carbons (Fsp3) is 0.417. The average molecular weight is 443 g/mol. The molecule has 0 N–H and O–H groups in total. The molecule has 1 unspecified atom stereocenters. The maximum absolute atomic E-state index is 13.9. The lowest BCUT2D eigenvalue weighted by Crippen LogP contribution is -2.57. The number of hydrogen-bond donors (Lipinski definition) is 0. The van der Waals surface area contributed by atoms with E-state index in [2.05, 4.69) is 4.90 Å². The molecule has 1 atom stereocenters. The van der Waals surface area contributed by atoms with Gasteiger partial charge in [0.15, 0.2) is 0 Å². The summed E-state index contributed by atoms with van der Waals surface area (Å²) in [5.74, 6) is -1.30. The van der Waals surface area contributed by atoms with Gasteiger partial charge in [0.1, 0.15) is 5.82 Å². The van der Waals surface area contributed by atoms with Crippen LogP contribution in [0.4, 0.5) is 10.1 Å². The average Bonchev–Trinajstić information content (AvgIpc) is 2.79. The molecule has 5 nitrogen and oxygen atoms in total. The predicted octanol–water partition coefficient (Wildman–Crippen LogP) is 3.90. The Morgan fingerprint density at radius 3 is 2.61 bits per heavy atom. The minimum absolute atomic E-state index is 0.0650. The number of hydrogen-bond acceptors (Lipinski definition) is 5. The quantitative estimate of drug-likeness (QED) is 0.502. The van der Waals surface area contributed by atoms with Gasteiger partial charge >= 0.3 is 5.97 Å². The molecule has 7 heteroatoms. The van der Waals surface area contributed by atoms with Gasteiger partial charge in [0, 0.05) is 24.4 Å². The molecule has 1 amide bonds. The maximum Gasteiger partial charge on any atom is 0.332 e. The molecule has 0 bridgehead atoms. The zero-order chi connectivity index (χ0) is 21.8. The van der Waals surface area contributed by atoms with Gasteiger partial charge < -0.3 is 14.5 Å². The topological polar surface area (TPSA) is 49.9 Å². The lowest BCUT2D eigenvalue weighted by molar-refractivity contribution is -0.147. The molecular formula is C24H27FN2O3S. The number of methoxy groups -OCH3 is 1. The Hall–Kier alpha value is -2.38. The summed E-state index contributed by atoms with van der Waals surface area (Å²) in [5.41, 5.74) is 1.40. The molecule has 0 spiro atoms. The number of benzene rings is 2. The number of carbonyl (C=O) groups excluding carboxylic acids is 2. The van der Waals surface area contributed by atoms with Gasteiger partial charge in [-0.2, -0.15) is 0 Å². The molecule has 2 aromatic carbocycles. The first-order valence-corrected chi connectivity index (χ1v) is 11.5. The second kappa shape index (κ2) is 9.40. The minimum Gasteiger partial charge on any atom is -0.468 e. The summed E-state index contributed by atoms with van der Waals surface area (Å²) in [6, 6.07) is 13.7. The van der Waals surface area contributed by atoms with Gasteiger partial charge in [0.25, 0.3) is 5.91 Å². The highest BCUT2D eigenvalue weighted by Gasteiger charge is 2.54. The fourth-order valence-corrected chi connectivity index (χ4v) is 5.79. The van der Waals surface area contributed by atoms with E-state index in [1.165, 1.54) is 50.3 Å². The molecule has 2 heterocycles. The van der Waals surface area contributed by atoms with Crippen LogP contribution >= 0.6 is 11.8 Å². The van der Waals surface area contributed by atoms with E-state index in [4.69, 9.17) is 4.74 Å². The molecule has 1 saturated heterocycles. The van der Waals surface area contributed by atoms with E-state index in [1.807, 2.05) is 24.3 Å². The van der Waals surface area contributed by atoms with Crippen molar-refractivity contribution in [3.63, 3.8) is 0 Å². The van der Waals surface area contributed by atoms with Crippen LogP contribution in [-0.2, 0) is 20.7 Å². The highest BCUT2D eigenvalue weighted by Crippen LogP contribution is 2.47. The predicted molar refractivity (Wildman–Crippen MR) is 120 cm³/mol. The molecule has 0 saturated carbocycles. The van der Waals surface area contributed by atoms with Crippen LogP contribution in [0.1, 0.15) is 24.8 Å². The van der Waals surface area contributed by atoms with Gasteiger partial charge in [-0.25, -0.2) is 9.18 Å². The molecule has 1 fully saturated rings. The number of piperidine rings is 1. The third kappa shape index (κ3) is 4.48. The van der Waals surface area contributed by atoms with Crippen LogP contribution in [0.15, 0.2) is 53.4 Å². The largest absolute Gasteiger partial charge is 0.468 e. The van der Waals surface area contributed by atoms with Crippen LogP contribution in [0.3, 0.4) is 0 Å². The van der Waals surface area contributed by atoms with Crippen molar-refractivity contribution in [3.05, 3.63) is 59.9 Å². The van der Waals surface area contributed by atoms with E-state index >= 15 is 0 Å². The molecule has 164 valence electrons. The number of carbonyl (C=O) groups is 2. The van der Waals surface area contributed by atoms with Crippen LogP contribution < -0.4 is 4.90 Å². The van der Waals surface area contributed by atoms with E-state index in [0.717, 1.165) is 30.2 Å². The lowest BCUT2D eigenvalue weighted by Gasteiger charge is -2.41. The highest BCUT2D eigenvalue weighted by molar-refractivity contribution is 8.02. The number of ether oxygens (including phenoxy) is 1. The van der Waals surface area contributed by atoms with Crippen LogP contribution in [0, 0.1) is 5.82 Å². The van der Waals surface area contributed by atoms with Crippen molar-refractivity contribution in [1.29, 1.82) is 0 Å². The van der Waals surface area contributed by atoms with E-state index in [1.54, 1.807) is 17.0 Å². The first-order chi connectivity index (χ1) is 15.0. The van der Waals surface area contributed by atoms with Gasteiger partial charge in [-0.15, -0.1) is 0 Å². The van der Waals surface area contributed by atoms with E-state index < -0.39 is 16.5 Å². The Bertz CT molecular complexity index is 963. The normalized spacial score (nSPS) is 21.6. The van der Waals surface area contributed by atoms with Gasteiger partial charge in [0.2, 0.25) is 4.75 Å². The standard InChI is InChI=1S/C24H27FN2O3S/c1-30-23(29)24(17-18-8-7-9-19(25)16-18)22(28)27(15-14-26-12-5-2-6-13-26)20-10-3-4-11-21(20)31-24/h3-4,7-11,16H,2,5-6,12-15,17H2,1H3. The van der Waals surface area contributed by atoms with Crippen LogP contribution in [0.5, 0.6) is 0 Å². The Labute approximate surface area is 186 Å². The maximum atomic E-state index is 13.9. The Morgan fingerprint density at radius 2 is 1.87 bits per heavy atom. The summed E-state index contributed by atoms with van der Waals surface area (Å²) in [4.78, 5) is 31.9. The third-order valence-electron chi connectivity index (χ3n) is 5.98. The van der Waals surface area contributed by atoms with Crippen molar-refractivity contribution in [2.24, 2.45) is 0 Å². The molecule has 4 rings (SSSR count). The van der Waals surface area contributed by atoms with Crippen molar-refractivity contribution in [1.82, 2.24) is 4.90 Å². The SMILES string of the molecule is COC(=O)C1(Cc2cccc(F)c2)Sc2ccccc2N(CCN2CCCCC2)C1=O. The molecule has 0 radical (unpaired) electrons. The van der Waals surface area contributed by atoms with E-state index in [-0.39, 0.29) is 12.3 Å². The second-order valence-corrected chi connectivity index (χ2v) is 9.40. The van der Waals surface area contributed by atoms with Crippen LogP contribution in [0.2, 0.25) is 0 Å². The van der Waals surface area contributed by atoms with Gasteiger partial charge in [-0.05, 0) is 55.8 Å². The molecular weight excluding hydrogens is 415 g/mol. The zero-order valence-corrected chi connectivity index (χ0v) is 18.5. The van der Waals surface area contributed by atoms with Crippen molar-refractivity contribution in [2.75, 3.05) is 38.2 Å². The first-order valence-electron chi connectivity index (χ1n) is 10.7. The minimum atomic E-state index is -1.49. The number of amides is 1. The Balaban J connectivity index is 1.69. The van der Waals surface area contributed by atoms with Crippen molar-refractivity contribution < 1.29 is 18.7 Å². The smallest absolute Gasteiger partial charge is 0.332 e. The summed E-state index contributed by atoms with van der Waals surface area (Å²) in [5, 5.41) is 0. The molecule has 2 aliphatic heterocycles. The van der Waals surface area contributed by atoms with Crippen molar-refractivity contribution in [2.45, 2.75) is 35.3 Å². The summed E-state index contributed by atoms with van der Waals surface area (Å²) in [6.07, 6.45) is 3.66. The highest BCUT2D eigenvalue weighted by atomic mass is 32.2. The number of likely N-dealkylation sites (tertiary alicyclic amines) is 1. The third-order valence-corrected chi connectivity index (χ3v) is 7.38. The summed E-state index contributed by atoms with van der Waals surface area (Å²) in [7, 11) is 1.29. The van der Waals surface area contributed by atoms with Crippen molar-refractivity contribution in [3.8, 4) is 0 Å². The van der Waals surface area contributed by atoms with Crippen LogP contribution in [-0.4, -0.2) is 54.8 Å². The summed E-state index contributed by atoms with van der Waals surface area (Å²) < 4.78 is 17.5. The number of rotatable bonds is 6. The second-order valence-electron chi connectivity index (χ2n) is 8.05. The number of nitrogens with zero attached hydrogens (tertiary/aromatic N) is 2. The number of para-hydroxylation sites is 1. The van der Waals surface area contributed by atoms with E-state index in [0.29, 0.717) is 12.1 Å². The molecule has 2 aliphatic rings. The lowest BCUT2D eigenvalue weighted by atomic mass is 9.95. The number of esters is 1. The Morgan fingerprint density at radius 1 is 1.10 bits per heavy atom. The molecule has 0 aliphatic carbocycles. The summed E-state index contributed by atoms with van der Waals surface area (Å²) >= 11 is 1.21. The van der Waals surface area contributed by atoms with Crippen LogP contribution in [0.25, 0.3) is 0 Å². The molecule has 2 aromatic rings.